The first-order valence-electron chi connectivity index (χ1n) is 6.79. The zero-order valence-electron chi connectivity index (χ0n) is 12.7. The molecule has 0 heterocycles. The second kappa shape index (κ2) is 7.35. The smallest absolute Gasteiger partial charge is 0.338 e. The maximum Gasteiger partial charge on any atom is 0.338 e. The molecule has 23 heavy (non-hydrogen) atoms. The zero-order chi connectivity index (χ0) is 16.8. The largest absolute Gasteiger partial charge is 0.465 e. The highest BCUT2D eigenvalue weighted by Crippen LogP contribution is 2.18. The standard InChI is InChI=1S/C18H15FO4/c1-22-17(20)14-8-7-13(16(11-14)18(21)23-2)6-3-12-4-9-15(19)10-5-12/h3-11H,1-2H3/b6-3+. The van der Waals surface area contributed by atoms with Crippen molar-refractivity contribution >= 4 is 24.1 Å². The summed E-state index contributed by atoms with van der Waals surface area (Å²) in [6.45, 7) is 0. The maximum absolute atomic E-state index is 12.9. The third kappa shape index (κ3) is 4.03. The lowest BCUT2D eigenvalue weighted by Gasteiger charge is -2.07. The first kappa shape index (κ1) is 16.4. The molecule has 0 aliphatic heterocycles. The third-order valence-electron chi connectivity index (χ3n) is 3.21. The lowest BCUT2D eigenvalue weighted by Crippen LogP contribution is -2.08. The second-order valence-electron chi connectivity index (χ2n) is 4.67. The molecule has 0 fully saturated rings. The lowest BCUT2D eigenvalue weighted by atomic mass is 10.0. The Kier molecular flexibility index (Phi) is 5.25. The SMILES string of the molecule is COC(=O)c1ccc(/C=C/c2ccc(F)cc2)c(C(=O)OC)c1. The number of halogens is 1. The Morgan fingerprint density at radius 2 is 1.57 bits per heavy atom. The summed E-state index contributed by atoms with van der Waals surface area (Å²) < 4.78 is 22.3. The molecule has 4 nitrogen and oxygen atoms in total. The van der Waals surface area contributed by atoms with Gasteiger partial charge in [0.05, 0.1) is 25.3 Å². The minimum absolute atomic E-state index is 0.244. The van der Waals surface area contributed by atoms with Gasteiger partial charge in [-0.2, -0.15) is 0 Å². The summed E-state index contributed by atoms with van der Waals surface area (Å²) in [6.07, 6.45) is 3.43. The molecule has 118 valence electrons. The first-order chi connectivity index (χ1) is 11.0. The van der Waals surface area contributed by atoms with Crippen LogP contribution in [0.15, 0.2) is 42.5 Å². The van der Waals surface area contributed by atoms with Crippen molar-refractivity contribution in [2.24, 2.45) is 0 Å². The van der Waals surface area contributed by atoms with Gasteiger partial charge in [-0.3, -0.25) is 0 Å². The fraction of sp³-hybridized carbons (Fsp3) is 0.111. The van der Waals surface area contributed by atoms with Crippen LogP contribution in [0.3, 0.4) is 0 Å². The molecule has 5 heteroatoms. The van der Waals surface area contributed by atoms with Crippen molar-refractivity contribution in [2.75, 3.05) is 14.2 Å². The van der Waals surface area contributed by atoms with Gasteiger partial charge in [-0.25, -0.2) is 14.0 Å². The number of hydrogen-bond donors (Lipinski definition) is 0. The molecule has 0 saturated heterocycles. The lowest BCUT2D eigenvalue weighted by molar-refractivity contribution is 0.0599. The zero-order valence-corrected chi connectivity index (χ0v) is 12.7. The topological polar surface area (TPSA) is 52.6 Å². The maximum atomic E-state index is 12.9. The van der Waals surface area contributed by atoms with Crippen LogP contribution < -0.4 is 0 Å². The quantitative estimate of drug-likeness (QED) is 0.639. The Morgan fingerprint density at radius 3 is 2.17 bits per heavy atom. The molecule has 0 spiro atoms. The summed E-state index contributed by atoms with van der Waals surface area (Å²) in [4.78, 5) is 23.5. The van der Waals surface area contributed by atoms with Crippen molar-refractivity contribution in [1.82, 2.24) is 0 Å². The fourth-order valence-corrected chi connectivity index (χ4v) is 1.99. The van der Waals surface area contributed by atoms with Crippen LogP contribution in [0.1, 0.15) is 31.8 Å². The van der Waals surface area contributed by atoms with E-state index in [1.807, 2.05) is 0 Å². The molecule has 2 rings (SSSR count). The Bertz CT molecular complexity index is 748. The van der Waals surface area contributed by atoms with E-state index in [9.17, 15) is 14.0 Å². The van der Waals surface area contributed by atoms with Crippen LogP contribution in [0.25, 0.3) is 12.2 Å². The first-order valence-corrected chi connectivity index (χ1v) is 6.79. The van der Waals surface area contributed by atoms with Gasteiger partial charge in [0, 0.05) is 0 Å². The van der Waals surface area contributed by atoms with Gasteiger partial charge in [0.15, 0.2) is 0 Å². The molecule has 2 aromatic rings. The van der Waals surface area contributed by atoms with Gasteiger partial charge in [-0.1, -0.05) is 30.4 Å². The second-order valence-corrected chi connectivity index (χ2v) is 4.67. The molecule has 0 amide bonds. The van der Waals surface area contributed by atoms with E-state index >= 15 is 0 Å². The Balaban J connectivity index is 2.38. The molecule has 0 unspecified atom stereocenters. The minimum Gasteiger partial charge on any atom is -0.465 e. The van der Waals surface area contributed by atoms with Gasteiger partial charge < -0.3 is 9.47 Å². The van der Waals surface area contributed by atoms with E-state index in [-0.39, 0.29) is 16.9 Å². The van der Waals surface area contributed by atoms with Crippen molar-refractivity contribution in [3.63, 3.8) is 0 Å². The van der Waals surface area contributed by atoms with E-state index in [4.69, 9.17) is 4.74 Å². The third-order valence-corrected chi connectivity index (χ3v) is 3.21. The summed E-state index contributed by atoms with van der Waals surface area (Å²) in [6, 6.07) is 10.5. The summed E-state index contributed by atoms with van der Waals surface area (Å²) in [5, 5.41) is 0. The molecule has 0 aliphatic rings. The monoisotopic (exact) mass is 314 g/mol. The number of benzene rings is 2. The van der Waals surface area contributed by atoms with Crippen LogP contribution in [-0.4, -0.2) is 26.2 Å². The number of esters is 2. The van der Waals surface area contributed by atoms with E-state index in [2.05, 4.69) is 4.74 Å². The molecule has 0 N–H and O–H groups in total. The van der Waals surface area contributed by atoms with Crippen molar-refractivity contribution in [3.8, 4) is 0 Å². The van der Waals surface area contributed by atoms with E-state index in [0.717, 1.165) is 5.56 Å². The molecule has 0 aromatic heterocycles. The normalized spacial score (nSPS) is 10.6. The van der Waals surface area contributed by atoms with E-state index in [1.54, 1.807) is 36.4 Å². The average Bonchev–Trinajstić information content (AvgIpc) is 2.59. The van der Waals surface area contributed by atoms with Crippen LogP contribution >= 0.6 is 0 Å². The van der Waals surface area contributed by atoms with Crippen LogP contribution in [0, 0.1) is 5.82 Å². The van der Waals surface area contributed by atoms with E-state index in [0.29, 0.717) is 5.56 Å². The summed E-state index contributed by atoms with van der Waals surface area (Å²) in [5.41, 5.74) is 1.86. The van der Waals surface area contributed by atoms with Crippen molar-refractivity contribution in [2.45, 2.75) is 0 Å². The predicted molar refractivity (Wildman–Crippen MR) is 84.4 cm³/mol. The average molecular weight is 314 g/mol. The predicted octanol–water partition coefficient (Wildman–Crippen LogP) is 3.57. The Labute approximate surface area is 133 Å². The minimum atomic E-state index is -0.561. The van der Waals surface area contributed by atoms with Crippen LogP contribution in [-0.2, 0) is 9.47 Å². The highest BCUT2D eigenvalue weighted by molar-refractivity contribution is 5.98. The Hall–Kier alpha value is -2.95. The summed E-state index contributed by atoms with van der Waals surface area (Å²) >= 11 is 0. The summed E-state index contributed by atoms with van der Waals surface area (Å²) in [7, 11) is 2.53. The molecule has 0 aliphatic carbocycles. The highest BCUT2D eigenvalue weighted by Gasteiger charge is 2.14. The number of carbonyl (C=O) groups is 2. The molecule has 0 bridgehead atoms. The van der Waals surface area contributed by atoms with Crippen LogP contribution in [0.5, 0.6) is 0 Å². The van der Waals surface area contributed by atoms with Crippen molar-refractivity contribution in [1.29, 1.82) is 0 Å². The van der Waals surface area contributed by atoms with Gasteiger partial charge in [-0.15, -0.1) is 0 Å². The van der Waals surface area contributed by atoms with Gasteiger partial charge in [-0.05, 0) is 35.4 Å². The van der Waals surface area contributed by atoms with E-state index < -0.39 is 11.9 Å². The molecule has 2 aromatic carbocycles. The van der Waals surface area contributed by atoms with Gasteiger partial charge in [0.2, 0.25) is 0 Å². The highest BCUT2D eigenvalue weighted by atomic mass is 19.1. The number of methoxy groups -OCH3 is 2. The number of ether oxygens (including phenoxy) is 2. The van der Waals surface area contributed by atoms with E-state index in [1.165, 1.54) is 32.4 Å². The van der Waals surface area contributed by atoms with Gasteiger partial charge >= 0.3 is 11.9 Å². The van der Waals surface area contributed by atoms with Crippen LogP contribution in [0.2, 0.25) is 0 Å². The Morgan fingerprint density at radius 1 is 0.913 bits per heavy atom. The fourth-order valence-electron chi connectivity index (χ4n) is 1.99. The summed E-state index contributed by atoms with van der Waals surface area (Å²) in [5.74, 6) is -1.42. The van der Waals surface area contributed by atoms with Crippen molar-refractivity contribution < 1.29 is 23.5 Å². The van der Waals surface area contributed by atoms with Gasteiger partial charge in [0.1, 0.15) is 5.82 Å². The number of hydrogen-bond acceptors (Lipinski definition) is 4. The number of rotatable bonds is 4. The van der Waals surface area contributed by atoms with Gasteiger partial charge in [0.25, 0.3) is 0 Å². The molecule has 0 atom stereocenters. The molecule has 0 saturated carbocycles. The molecular weight excluding hydrogens is 299 g/mol. The number of carbonyl (C=O) groups excluding carboxylic acids is 2. The molecular formula is C18H15FO4. The van der Waals surface area contributed by atoms with Crippen molar-refractivity contribution in [3.05, 3.63) is 70.5 Å². The van der Waals surface area contributed by atoms with Crippen LogP contribution in [0.4, 0.5) is 4.39 Å². The molecule has 0 radical (unpaired) electrons.